The summed E-state index contributed by atoms with van der Waals surface area (Å²) in [6.07, 6.45) is 4.83. The van der Waals surface area contributed by atoms with E-state index in [9.17, 15) is 4.79 Å². The SMILES string of the molecule is CCOC(=O)C#Cc1ccc2c(c1)CCCC2. The maximum atomic E-state index is 11.1. The van der Waals surface area contributed by atoms with Crippen molar-refractivity contribution in [2.45, 2.75) is 32.6 Å². The number of carbonyl (C=O) groups is 1. The molecule has 2 nitrogen and oxygen atoms in total. The van der Waals surface area contributed by atoms with Gasteiger partial charge in [-0.2, -0.15) is 0 Å². The van der Waals surface area contributed by atoms with E-state index >= 15 is 0 Å². The quantitative estimate of drug-likeness (QED) is 0.545. The van der Waals surface area contributed by atoms with Gasteiger partial charge in [-0.3, -0.25) is 0 Å². The predicted molar refractivity (Wildman–Crippen MR) is 66.6 cm³/mol. The van der Waals surface area contributed by atoms with Crippen LogP contribution in [0.25, 0.3) is 0 Å². The molecule has 1 aliphatic rings. The Morgan fingerprint density at radius 1 is 1.29 bits per heavy atom. The molecule has 0 aromatic heterocycles. The van der Waals surface area contributed by atoms with Crippen molar-refractivity contribution in [2.24, 2.45) is 0 Å². The first kappa shape index (κ1) is 11.7. The Labute approximate surface area is 102 Å². The lowest BCUT2D eigenvalue weighted by Crippen LogP contribution is -2.02. The van der Waals surface area contributed by atoms with E-state index in [0.717, 1.165) is 12.0 Å². The highest BCUT2D eigenvalue weighted by Crippen LogP contribution is 2.21. The molecule has 0 spiro atoms. The second kappa shape index (κ2) is 5.54. The highest BCUT2D eigenvalue weighted by atomic mass is 16.5. The molecule has 0 atom stereocenters. The molecule has 0 saturated carbocycles. The number of aryl methyl sites for hydroxylation is 2. The predicted octanol–water partition coefficient (Wildman–Crippen LogP) is 2.48. The van der Waals surface area contributed by atoms with Crippen LogP contribution in [0.4, 0.5) is 0 Å². The lowest BCUT2D eigenvalue weighted by Gasteiger charge is -2.15. The minimum absolute atomic E-state index is 0.373. The molecule has 0 saturated heterocycles. The van der Waals surface area contributed by atoms with Gasteiger partial charge in [0, 0.05) is 11.5 Å². The highest BCUT2D eigenvalue weighted by molar-refractivity contribution is 5.89. The molecule has 0 amide bonds. The van der Waals surface area contributed by atoms with E-state index in [1.165, 1.54) is 30.4 Å². The lowest BCUT2D eigenvalue weighted by atomic mass is 9.90. The monoisotopic (exact) mass is 228 g/mol. The third-order valence-corrected chi connectivity index (χ3v) is 2.93. The first-order chi connectivity index (χ1) is 8.29. The van der Waals surface area contributed by atoms with Crippen molar-refractivity contribution in [3.63, 3.8) is 0 Å². The topological polar surface area (TPSA) is 26.3 Å². The van der Waals surface area contributed by atoms with Crippen LogP contribution in [-0.4, -0.2) is 12.6 Å². The summed E-state index contributed by atoms with van der Waals surface area (Å²) in [5.74, 6) is 4.90. The molecule has 0 unspecified atom stereocenters. The number of rotatable bonds is 1. The summed E-state index contributed by atoms with van der Waals surface area (Å²) in [7, 11) is 0. The zero-order valence-corrected chi connectivity index (χ0v) is 10.1. The summed E-state index contributed by atoms with van der Waals surface area (Å²) < 4.78 is 4.76. The molecular weight excluding hydrogens is 212 g/mol. The Morgan fingerprint density at radius 3 is 2.82 bits per heavy atom. The average molecular weight is 228 g/mol. The summed E-state index contributed by atoms with van der Waals surface area (Å²) in [6, 6.07) is 6.21. The number of ether oxygens (including phenoxy) is 1. The van der Waals surface area contributed by atoms with Gasteiger partial charge in [0.15, 0.2) is 0 Å². The van der Waals surface area contributed by atoms with Crippen LogP contribution in [0.15, 0.2) is 18.2 Å². The van der Waals surface area contributed by atoms with Gasteiger partial charge in [0.05, 0.1) is 6.61 Å². The number of esters is 1. The summed E-state index contributed by atoms with van der Waals surface area (Å²) in [6.45, 7) is 2.15. The van der Waals surface area contributed by atoms with Crippen LogP contribution in [0.1, 0.15) is 36.5 Å². The van der Waals surface area contributed by atoms with Crippen LogP contribution in [0.5, 0.6) is 0 Å². The Bertz CT molecular complexity index is 477. The van der Waals surface area contributed by atoms with E-state index in [2.05, 4.69) is 24.0 Å². The first-order valence-corrected chi connectivity index (χ1v) is 6.10. The molecule has 1 aliphatic carbocycles. The van der Waals surface area contributed by atoms with Gasteiger partial charge in [-0.1, -0.05) is 12.0 Å². The minimum atomic E-state index is -0.453. The summed E-state index contributed by atoms with van der Waals surface area (Å²) in [4.78, 5) is 11.1. The van der Waals surface area contributed by atoms with Crippen molar-refractivity contribution in [1.82, 2.24) is 0 Å². The summed E-state index contributed by atoms with van der Waals surface area (Å²) in [5.41, 5.74) is 3.71. The highest BCUT2D eigenvalue weighted by Gasteiger charge is 2.08. The third kappa shape index (κ3) is 3.10. The maximum Gasteiger partial charge on any atom is 0.384 e. The molecule has 0 fully saturated rings. The Morgan fingerprint density at radius 2 is 2.06 bits per heavy atom. The Hall–Kier alpha value is -1.75. The van der Waals surface area contributed by atoms with Crippen molar-refractivity contribution in [2.75, 3.05) is 6.61 Å². The number of hydrogen-bond acceptors (Lipinski definition) is 2. The van der Waals surface area contributed by atoms with Crippen LogP contribution in [0.3, 0.4) is 0 Å². The molecule has 0 bridgehead atoms. The second-order valence-electron chi connectivity index (χ2n) is 4.16. The zero-order valence-electron chi connectivity index (χ0n) is 10.1. The van der Waals surface area contributed by atoms with E-state index in [1.54, 1.807) is 6.92 Å². The number of benzene rings is 1. The van der Waals surface area contributed by atoms with Crippen LogP contribution in [0.2, 0.25) is 0 Å². The molecule has 0 N–H and O–H groups in total. The molecule has 2 heteroatoms. The maximum absolute atomic E-state index is 11.1. The number of hydrogen-bond donors (Lipinski definition) is 0. The third-order valence-electron chi connectivity index (χ3n) is 2.93. The van der Waals surface area contributed by atoms with Crippen LogP contribution < -0.4 is 0 Å². The van der Waals surface area contributed by atoms with E-state index in [-0.39, 0.29) is 0 Å². The van der Waals surface area contributed by atoms with Crippen LogP contribution in [0, 0.1) is 11.8 Å². The molecule has 88 valence electrons. The van der Waals surface area contributed by atoms with Crippen molar-refractivity contribution >= 4 is 5.97 Å². The van der Waals surface area contributed by atoms with Gasteiger partial charge < -0.3 is 4.74 Å². The average Bonchev–Trinajstić information content (AvgIpc) is 2.36. The molecule has 1 aromatic carbocycles. The summed E-state index contributed by atoms with van der Waals surface area (Å²) >= 11 is 0. The van der Waals surface area contributed by atoms with Gasteiger partial charge in [0.2, 0.25) is 0 Å². The smallest absolute Gasteiger partial charge is 0.384 e. The van der Waals surface area contributed by atoms with Crippen molar-refractivity contribution in [3.05, 3.63) is 34.9 Å². The number of carbonyl (C=O) groups excluding carboxylic acids is 1. The van der Waals surface area contributed by atoms with Gasteiger partial charge in [-0.25, -0.2) is 4.79 Å². The summed E-state index contributed by atoms with van der Waals surface area (Å²) in [5, 5.41) is 0. The van der Waals surface area contributed by atoms with E-state index in [0.29, 0.717) is 6.61 Å². The van der Waals surface area contributed by atoms with Crippen LogP contribution in [-0.2, 0) is 22.4 Å². The fourth-order valence-corrected chi connectivity index (χ4v) is 2.10. The van der Waals surface area contributed by atoms with Crippen molar-refractivity contribution < 1.29 is 9.53 Å². The van der Waals surface area contributed by atoms with Crippen molar-refractivity contribution in [3.8, 4) is 11.8 Å². The van der Waals surface area contributed by atoms with E-state index in [1.807, 2.05) is 6.07 Å². The number of fused-ring (bicyclic) bond motifs is 1. The molecule has 2 rings (SSSR count). The van der Waals surface area contributed by atoms with Gasteiger partial charge in [-0.05, 0) is 55.9 Å². The molecular formula is C15H16O2. The molecule has 0 aliphatic heterocycles. The first-order valence-electron chi connectivity index (χ1n) is 6.10. The van der Waals surface area contributed by atoms with Gasteiger partial charge >= 0.3 is 5.97 Å². The zero-order chi connectivity index (χ0) is 12.1. The standard InChI is InChI=1S/C15H16O2/c1-2-17-15(16)10-8-12-7-9-13-5-3-4-6-14(13)11-12/h7,9,11H,2-6H2,1H3. The van der Waals surface area contributed by atoms with Gasteiger partial charge in [-0.15, -0.1) is 0 Å². The molecule has 17 heavy (non-hydrogen) atoms. The Balaban J connectivity index is 2.14. The van der Waals surface area contributed by atoms with Crippen molar-refractivity contribution in [1.29, 1.82) is 0 Å². The van der Waals surface area contributed by atoms with Crippen LogP contribution >= 0.6 is 0 Å². The fourth-order valence-electron chi connectivity index (χ4n) is 2.10. The normalized spacial score (nSPS) is 13.2. The molecule has 0 radical (unpaired) electrons. The Kier molecular flexibility index (Phi) is 3.82. The lowest BCUT2D eigenvalue weighted by molar-refractivity contribution is -0.136. The second-order valence-corrected chi connectivity index (χ2v) is 4.16. The largest absolute Gasteiger partial charge is 0.456 e. The van der Waals surface area contributed by atoms with Gasteiger partial charge in [0.1, 0.15) is 0 Å². The fraction of sp³-hybridized carbons (Fsp3) is 0.400. The van der Waals surface area contributed by atoms with E-state index < -0.39 is 5.97 Å². The minimum Gasteiger partial charge on any atom is -0.456 e. The molecule has 1 aromatic rings. The van der Waals surface area contributed by atoms with Gasteiger partial charge in [0.25, 0.3) is 0 Å². The van der Waals surface area contributed by atoms with E-state index in [4.69, 9.17) is 4.74 Å². The molecule has 0 heterocycles.